The second-order valence-electron chi connectivity index (χ2n) is 9.40. The lowest BCUT2D eigenvalue weighted by molar-refractivity contribution is -0.137. The number of nitrogens with one attached hydrogen (secondary N) is 1. The second-order valence-corrected chi connectivity index (χ2v) is 9.40. The monoisotopic (exact) mass is 566 g/mol. The number of aromatic nitrogens is 3. The molecule has 13 heteroatoms. The molecule has 2 aliphatic rings. The van der Waals surface area contributed by atoms with Crippen LogP contribution in [0.1, 0.15) is 22.3 Å². The van der Waals surface area contributed by atoms with Gasteiger partial charge in [0.25, 0.3) is 5.89 Å². The minimum atomic E-state index is -4.60. The molecular formula is C28H22F4N6O3. The van der Waals surface area contributed by atoms with Crippen LogP contribution in [0.25, 0.3) is 11.6 Å². The normalized spacial score (nSPS) is 17.6. The van der Waals surface area contributed by atoms with Gasteiger partial charge >= 0.3 is 12.2 Å². The first-order valence-corrected chi connectivity index (χ1v) is 12.7. The van der Waals surface area contributed by atoms with E-state index < -0.39 is 29.5 Å². The van der Waals surface area contributed by atoms with Gasteiger partial charge in [-0.3, -0.25) is 9.79 Å². The molecular weight excluding hydrogens is 544 g/mol. The molecule has 6 rings (SSSR count). The summed E-state index contributed by atoms with van der Waals surface area (Å²) in [6.07, 6.45) is -5.33. The van der Waals surface area contributed by atoms with Crippen LogP contribution in [0, 0.1) is 5.82 Å². The van der Waals surface area contributed by atoms with Crippen molar-refractivity contribution in [1.29, 1.82) is 0 Å². The van der Waals surface area contributed by atoms with Crippen molar-refractivity contribution in [1.82, 2.24) is 15.2 Å². The van der Waals surface area contributed by atoms with Crippen molar-refractivity contribution in [2.24, 2.45) is 4.99 Å². The van der Waals surface area contributed by atoms with E-state index in [1.807, 2.05) is 6.07 Å². The van der Waals surface area contributed by atoms with Gasteiger partial charge in [-0.15, -0.1) is 5.10 Å². The summed E-state index contributed by atoms with van der Waals surface area (Å²) >= 11 is 0. The van der Waals surface area contributed by atoms with Crippen molar-refractivity contribution >= 4 is 23.2 Å². The fraction of sp³-hybridized carbons (Fsp3) is 0.250. The summed E-state index contributed by atoms with van der Waals surface area (Å²) in [4.78, 5) is 23.5. The molecule has 4 aromatic rings. The molecule has 1 atom stereocenters. The molecule has 0 amide bonds. The first-order chi connectivity index (χ1) is 19.8. The number of alkyl halides is 3. The Labute approximate surface area is 230 Å². The number of ether oxygens (including phenoxy) is 1. The summed E-state index contributed by atoms with van der Waals surface area (Å²) in [5, 5.41) is 10.7. The molecule has 0 bridgehead atoms. The lowest BCUT2D eigenvalue weighted by Gasteiger charge is -2.30. The number of rotatable bonds is 5. The average molecular weight is 567 g/mol. The van der Waals surface area contributed by atoms with E-state index in [-0.39, 0.29) is 35.3 Å². The van der Waals surface area contributed by atoms with Crippen molar-refractivity contribution in [3.05, 3.63) is 88.9 Å². The van der Waals surface area contributed by atoms with Gasteiger partial charge in [-0.1, -0.05) is 47.6 Å². The summed E-state index contributed by atoms with van der Waals surface area (Å²) < 4.78 is 66.3. The maximum atomic E-state index is 14.8. The van der Waals surface area contributed by atoms with Gasteiger partial charge in [0.1, 0.15) is 5.82 Å². The summed E-state index contributed by atoms with van der Waals surface area (Å²) in [5.74, 6) is -1.11. The Morgan fingerprint density at radius 1 is 1.00 bits per heavy atom. The van der Waals surface area contributed by atoms with Crippen molar-refractivity contribution in [3.8, 4) is 11.6 Å². The fourth-order valence-corrected chi connectivity index (χ4v) is 4.75. The van der Waals surface area contributed by atoms with E-state index >= 15 is 0 Å². The van der Waals surface area contributed by atoms with E-state index in [0.717, 1.165) is 6.07 Å². The molecule has 2 aliphatic heterocycles. The number of aliphatic imine (C=N–C) groups is 1. The summed E-state index contributed by atoms with van der Waals surface area (Å²) in [6, 6.07) is 14.4. The highest BCUT2D eigenvalue weighted by Gasteiger charge is 2.34. The first kappa shape index (κ1) is 26.6. The van der Waals surface area contributed by atoms with Crippen LogP contribution in [-0.2, 0) is 22.1 Å². The van der Waals surface area contributed by atoms with Crippen LogP contribution in [-0.4, -0.2) is 59.1 Å². The molecule has 41 heavy (non-hydrogen) atoms. The van der Waals surface area contributed by atoms with Crippen LogP contribution >= 0.6 is 0 Å². The topological polar surface area (TPSA) is 106 Å². The predicted molar refractivity (Wildman–Crippen MR) is 140 cm³/mol. The summed E-state index contributed by atoms with van der Waals surface area (Å²) in [5.41, 5.74) is 1.09. The first-order valence-electron chi connectivity index (χ1n) is 12.7. The molecule has 0 aliphatic carbocycles. The summed E-state index contributed by atoms with van der Waals surface area (Å²) in [7, 11) is 0. The molecule has 0 spiro atoms. The maximum Gasteiger partial charge on any atom is 0.417 e. The van der Waals surface area contributed by atoms with Crippen LogP contribution < -0.4 is 10.2 Å². The SMILES string of the molecule is O=C1Cc2c(F)cccc2C(c2ccccc2)=N[C@H]1Nc1nnc(-c2ncc(C(F)(F)F)cc2N2CCOCC2)o1. The molecule has 1 fully saturated rings. The van der Waals surface area contributed by atoms with E-state index in [4.69, 9.17) is 9.15 Å². The van der Waals surface area contributed by atoms with E-state index in [9.17, 15) is 22.4 Å². The molecule has 0 unspecified atom stereocenters. The molecule has 210 valence electrons. The number of fused-ring (bicyclic) bond motifs is 1. The molecule has 4 heterocycles. The highest BCUT2D eigenvalue weighted by molar-refractivity contribution is 6.16. The number of nitrogens with zero attached hydrogens (tertiary/aromatic N) is 5. The van der Waals surface area contributed by atoms with Gasteiger partial charge in [0, 0.05) is 42.4 Å². The van der Waals surface area contributed by atoms with Gasteiger partial charge < -0.3 is 19.4 Å². The van der Waals surface area contributed by atoms with Crippen LogP contribution in [0.15, 0.2) is 70.2 Å². The molecule has 9 nitrogen and oxygen atoms in total. The number of pyridine rings is 1. The number of hydrogen-bond donors (Lipinski definition) is 1. The van der Waals surface area contributed by atoms with Gasteiger partial charge in [0.05, 0.1) is 30.2 Å². The fourth-order valence-electron chi connectivity index (χ4n) is 4.75. The van der Waals surface area contributed by atoms with Crippen molar-refractivity contribution in [2.45, 2.75) is 18.8 Å². The van der Waals surface area contributed by atoms with E-state index in [1.54, 1.807) is 41.3 Å². The molecule has 0 radical (unpaired) electrons. The number of anilines is 2. The van der Waals surface area contributed by atoms with Crippen LogP contribution in [0.2, 0.25) is 0 Å². The number of halogens is 4. The quantitative estimate of drug-likeness (QED) is 0.352. The second kappa shape index (κ2) is 10.7. The smallest absolute Gasteiger partial charge is 0.402 e. The number of ketones is 1. The predicted octanol–water partition coefficient (Wildman–Crippen LogP) is 4.53. The zero-order valence-corrected chi connectivity index (χ0v) is 21.4. The van der Waals surface area contributed by atoms with Gasteiger partial charge in [-0.05, 0) is 12.1 Å². The molecule has 2 aromatic heterocycles. The van der Waals surface area contributed by atoms with E-state index in [0.29, 0.717) is 49.3 Å². The standard InChI is InChI=1S/C28H22F4N6O3/c29-20-8-4-7-18-19(20)14-22(39)25(34-23(18)16-5-2-1-3-6-16)35-27-37-36-26(41-27)24-21(38-9-11-40-12-10-38)13-17(15-33-24)28(30,31)32/h1-8,13,15,25H,9-12,14H2,(H,35,37)/t25-/m0/s1. The van der Waals surface area contributed by atoms with Crippen molar-refractivity contribution < 1.29 is 31.5 Å². The third kappa shape index (κ3) is 5.40. The van der Waals surface area contributed by atoms with Gasteiger partial charge in [-0.2, -0.15) is 13.2 Å². The largest absolute Gasteiger partial charge is 0.417 e. The molecule has 2 aromatic carbocycles. The molecule has 1 saturated heterocycles. The van der Waals surface area contributed by atoms with Gasteiger partial charge in [-0.25, -0.2) is 9.37 Å². The number of carbonyl (C=O) groups excluding carboxylic acids is 1. The Bertz CT molecular complexity index is 1620. The van der Waals surface area contributed by atoms with Gasteiger partial charge in [0.15, 0.2) is 17.6 Å². The third-order valence-electron chi connectivity index (χ3n) is 6.77. The zero-order valence-electron chi connectivity index (χ0n) is 21.4. The molecule has 1 N–H and O–H groups in total. The van der Waals surface area contributed by atoms with Crippen LogP contribution in [0.3, 0.4) is 0 Å². The Balaban J connectivity index is 1.35. The molecule has 0 saturated carbocycles. The van der Waals surface area contributed by atoms with Gasteiger partial charge in [0.2, 0.25) is 0 Å². The minimum absolute atomic E-state index is 0.0515. The lowest BCUT2D eigenvalue weighted by atomic mass is 9.95. The minimum Gasteiger partial charge on any atom is -0.402 e. The summed E-state index contributed by atoms with van der Waals surface area (Å²) in [6.45, 7) is 1.36. The number of hydrogen-bond acceptors (Lipinski definition) is 9. The number of Topliss-reactive ketones (excluding diaryl/α,β-unsaturated/α-hetero) is 1. The number of morpholine rings is 1. The zero-order chi connectivity index (χ0) is 28.6. The maximum absolute atomic E-state index is 14.8. The highest BCUT2D eigenvalue weighted by atomic mass is 19.4. The van der Waals surface area contributed by atoms with Crippen molar-refractivity contribution in [3.63, 3.8) is 0 Å². The number of carbonyl (C=O) groups is 1. The van der Waals surface area contributed by atoms with E-state index in [2.05, 4.69) is 25.5 Å². The Hall–Kier alpha value is -4.65. The Morgan fingerprint density at radius 3 is 2.54 bits per heavy atom. The third-order valence-corrected chi connectivity index (χ3v) is 6.77. The Kier molecular flexibility index (Phi) is 6.95. The van der Waals surface area contributed by atoms with Crippen LogP contribution in [0.5, 0.6) is 0 Å². The Morgan fingerprint density at radius 2 is 1.78 bits per heavy atom. The van der Waals surface area contributed by atoms with Crippen molar-refractivity contribution in [2.75, 3.05) is 36.5 Å². The lowest BCUT2D eigenvalue weighted by Crippen LogP contribution is -2.36. The van der Waals surface area contributed by atoms with E-state index in [1.165, 1.54) is 6.07 Å². The highest BCUT2D eigenvalue weighted by Crippen LogP contribution is 2.36. The number of benzene rings is 2. The van der Waals surface area contributed by atoms with Crippen LogP contribution in [0.4, 0.5) is 29.3 Å². The average Bonchev–Trinajstić information content (AvgIpc) is 3.39.